The van der Waals surface area contributed by atoms with Crippen LogP contribution >= 0.6 is 0 Å². The van der Waals surface area contributed by atoms with E-state index in [0.717, 1.165) is 51.4 Å². The number of hydrogen-bond acceptors (Lipinski definition) is 7. The van der Waals surface area contributed by atoms with Crippen molar-refractivity contribution in [3.63, 3.8) is 0 Å². The molecule has 7 heteroatoms. The van der Waals surface area contributed by atoms with Gasteiger partial charge in [-0.25, -0.2) is 9.78 Å². The van der Waals surface area contributed by atoms with Gasteiger partial charge in [0.25, 0.3) is 0 Å². The second-order valence-corrected chi connectivity index (χ2v) is 13.3. The maximum absolute atomic E-state index is 12.4. The highest BCUT2D eigenvalue weighted by molar-refractivity contribution is 5.75. The smallest absolute Gasteiger partial charge is 0.348 e. The van der Waals surface area contributed by atoms with Crippen molar-refractivity contribution in [3.8, 4) is 0 Å². The number of aryl methyl sites for hydroxylation is 1. The molecule has 0 amide bonds. The molecule has 7 nitrogen and oxygen atoms in total. The minimum Gasteiger partial charge on any atom is -0.408 e. The first-order valence-corrected chi connectivity index (χ1v) is 14.4. The summed E-state index contributed by atoms with van der Waals surface area (Å²) in [6.07, 6.45) is 9.76. The number of rotatable bonds is 4. The fourth-order valence-electron chi connectivity index (χ4n) is 9.75. The predicted molar refractivity (Wildman–Crippen MR) is 140 cm³/mol. The van der Waals surface area contributed by atoms with Crippen LogP contribution in [0, 0.1) is 46.3 Å². The third-order valence-corrected chi connectivity index (χ3v) is 11.8. The van der Waals surface area contributed by atoms with Crippen LogP contribution in [0.1, 0.15) is 78.0 Å². The zero-order valence-electron chi connectivity index (χ0n) is 22.3. The summed E-state index contributed by atoms with van der Waals surface area (Å²) in [5, 5.41) is 34.0. The van der Waals surface area contributed by atoms with E-state index in [1.165, 1.54) is 6.20 Å². The SMILES string of the molecule is C[C@H](CCc1nc2ccncc2c(=O)o1)[C@H]1CC[C@H]2[C@H]3C(C[C@H](O)[C@]12C)[C@@]1(C)CC[C@@H](O)C[C@H]1C[C@H]3O. The number of aliphatic hydroxyl groups is 3. The third-order valence-electron chi connectivity index (χ3n) is 11.8. The Kier molecular flexibility index (Phi) is 6.28. The average molecular weight is 511 g/mol. The van der Waals surface area contributed by atoms with Crippen LogP contribution in [0.3, 0.4) is 0 Å². The van der Waals surface area contributed by atoms with Crippen molar-refractivity contribution >= 4 is 10.9 Å². The summed E-state index contributed by atoms with van der Waals surface area (Å²) in [6, 6.07) is 1.74. The molecule has 4 aliphatic carbocycles. The Labute approximate surface area is 218 Å². The molecule has 202 valence electrons. The molecule has 11 atom stereocenters. The lowest BCUT2D eigenvalue weighted by atomic mass is 9.43. The molecule has 0 bridgehead atoms. The average Bonchev–Trinajstić information content (AvgIpc) is 3.23. The second-order valence-electron chi connectivity index (χ2n) is 13.3. The first kappa shape index (κ1) is 25.4. The van der Waals surface area contributed by atoms with E-state index in [4.69, 9.17) is 4.42 Å². The van der Waals surface area contributed by atoms with Crippen molar-refractivity contribution in [2.24, 2.45) is 46.3 Å². The molecule has 0 spiro atoms. The van der Waals surface area contributed by atoms with Crippen molar-refractivity contribution in [2.45, 2.75) is 96.9 Å². The normalized spacial score (nSPS) is 44.2. The Bertz CT molecular complexity index is 1220. The Hall–Kier alpha value is -1.83. The molecule has 4 saturated carbocycles. The number of hydrogen-bond donors (Lipinski definition) is 3. The van der Waals surface area contributed by atoms with E-state index in [-0.39, 0.29) is 29.0 Å². The van der Waals surface area contributed by atoms with E-state index >= 15 is 0 Å². The van der Waals surface area contributed by atoms with E-state index in [0.29, 0.717) is 52.8 Å². The molecule has 0 aromatic carbocycles. The van der Waals surface area contributed by atoms with Gasteiger partial charge >= 0.3 is 5.63 Å². The van der Waals surface area contributed by atoms with Crippen LogP contribution in [0.15, 0.2) is 27.7 Å². The number of nitrogens with zero attached hydrogens (tertiary/aromatic N) is 2. The second kappa shape index (κ2) is 9.13. The highest BCUT2D eigenvalue weighted by Crippen LogP contribution is 2.68. The van der Waals surface area contributed by atoms with Gasteiger partial charge in [-0.2, -0.15) is 0 Å². The van der Waals surface area contributed by atoms with Crippen molar-refractivity contribution < 1.29 is 19.7 Å². The number of aromatic nitrogens is 2. The quantitative estimate of drug-likeness (QED) is 0.567. The van der Waals surface area contributed by atoms with Gasteiger partial charge in [0.1, 0.15) is 5.39 Å². The lowest BCUT2D eigenvalue weighted by Crippen LogP contribution is -2.62. The Morgan fingerprint density at radius 3 is 2.73 bits per heavy atom. The van der Waals surface area contributed by atoms with Gasteiger partial charge in [0.15, 0.2) is 5.89 Å². The van der Waals surface area contributed by atoms with Gasteiger partial charge in [-0.05, 0) is 104 Å². The van der Waals surface area contributed by atoms with Crippen molar-refractivity contribution in [2.75, 3.05) is 0 Å². The lowest BCUT2D eigenvalue weighted by Gasteiger charge is -2.63. The molecule has 4 fully saturated rings. The summed E-state index contributed by atoms with van der Waals surface area (Å²) in [5.74, 6) is 2.29. The van der Waals surface area contributed by atoms with Crippen molar-refractivity contribution in [1.29, 1.82) is 0 Å². The first-order chi connectivity index (χ1) is 17.6. The van der Waals surface area contributed by atoms with Crippen LogP contribution in [0.25, 0.3) is 10.9 Å². The van der Waals surface area contributed by atoms with Crippen LogP contribution in [0.5, 0.6) is 0 Å². The predicted octanol–water partition coefficient (Wildman–Crippen LogP) is 4.11. The monoisotopic (exact) mass is 510 g/mol. The zero-order chi connectivity index (χ0) is 26.1. The Morgan fingerprint density at radius 1 is 1.11 bits per heavy atom. The number of pyridine rings is 1. The number of fused-ring (bicyclic) bond motifs is 6. The maximum Gasteiger partial charge on any atom is 0.348 e. The Morgan fingerprint density at radius 2 is 1.92 bits per heavy atom. The van der Waals surface area contributed by atoms with E-state index in [9.17, 15) is 20.1 Å². The summed E-state index contributed by atoms with van der Waals surface area (Å²) < 4.78 is 5.50. The van der Waals surface area contributed by atoms with Gasteiger partial charge in [0.2, 0.25) is 0 Å². The van der Waals surface area contributed by atoms with Crippen LogP contribution in [0.2, 0.25) is 0 Å². The zero-order valence-corrected chi connectivity index (χ0v) is 22.3. The molecular formula is C30H42N2O5. The highest BCUT2D eigenvalue weighted by Gasteiger charge is 2.65. The highest BCUT2D eigenvalue weighted by atomic mass is 16.4. The molecule has 0 radical (unpaired) electrons. The van der Waals surface area contributed by atoms with Crippen LogP contribution in [-0.2, 0) is 6.42 Å². The van der Waals surface area contributed by atoms with Crippen LogP contribution in [-0.4, -0.2) is 43.6 Å². The topological polar surface area (TPSA) is 117 Å². The van der Waals surface area contributed by atoms with Gasteiger partial charge in [-0.15, -0.1) is 0 Å². The van der Waals surface area contributed by atoms with E-state index in [2.05, 4.69) is 30.7 Å². The fraction of sp³-hybridized carbons (Fsp3) is 0.767. The van der Waals surface area contributed by atoms with Gasteiger partial charge < -0.3 is 19.7 Å². The largest absolute Gasteiger partial charge is 0.408 e. The van der Waals surface area contributed by atoms with E-state index in [1.54, 1.807) is 12.3 Å². The Balaban J connectivity index is 1.21. The van der Waals surface area contributed by atoms with E-state index < -0.39 is 11.7 Å². The maximum atomic E-state index is 12.4. The lowest BCUT2D eigenvalue weighted by molar-refractivity contribution is -0.207. The molecule has 2 aromatic heterocycles. The van der Waals surface area contributed by atoms with Crippen molar-refractivity contribution in [1.82, 2.24) is 9.97 Å². The first-order valence-electron chi connectivity index (χ1n) is 14.4. The fourth-order valence-corrected chi connectivity index (χ4v) is 9.75. The molecule has 0 aliphatic heterocycles. The molecule has 0 saturated heterocycles. The standard InChI is InChI=1S/C30H42N2O5/c1-16(4-7-26-32-23-9-11-31-15-19(23)28(36)37-26)20-5-6-21-27-22(14-25(35)30(20,21)3)29(2)10-8-18(33)12-17(29)13-24(27)34/h9,11,15-18,20-22,24-25,27,33-35H,4-8,10,12-14H2,1-3H3/t16-,17+,18-,20-,21+,22?,24-,25+,27+,29+,30-/m1/s1. The summed E-state index contributed by atoms with van der Waals surface area (Å²) in [6.45, 7) is 6.91. The molecule has 37 heavy (non-hydrogen) atoms. The molecule has 6 rings (SSSR count). The van der Waals surface area contributed by atoms with Gasteiger partial charge in [-0.3, -0.25) is 4.98 Å². The van der Waals surface area contributed by atoms with Gasteiger partial charge in [-0.1, -0.05) is 20.8 Å². The summed E-state index contributed by atoms with van der Waals surface area (Å²) >= 11 is 0. The minimum absolute atomic E-state index is 0.0873. The molecular weight excluding hydrogens is 468 g/mol. The molecule has 2 aromatic rings. The summed E-state index contributed by atoms with van der Waals surface area (Å²) in [4.78, 5) is 20.9. The van der Waals surface area contributed by atoms with Crippen molar-refractivity contribution in [3.05, 3.63) is 34.8 Å². The minimum atomic E-state index is -0.396. The van der Waals surface area contributed by atoms with E-state index in [1.807, 2.05) is 0 Å². The summed E-state index contributed by atoms with van der Waals surface area (Å²) in [5.41, 5.74) is 0.0752. The molecule has 1 unspecified atom stereocenters. The van der Waals surface area contributed by atoms with Crippen LogP contribution in [0.4, 0.5) is 0 Å². The molecule has 3 N–H and O–H groups in total. The third kappa shape index (κ3) is 3.90. The van der Waals surface area contributed by atoms with Crippen LogP contribution < -0.4 is 5.63 Å². The molecule has 4 aliphatic rings. The van der Waals surface area contributed by atoms with Gasteiger partial charge in [0.05, 0.1) is 23.8 Å². The molecule has 2 heterocycles. The number of aliphatic hydroxyl groups excluding tert-OH is 3. The van der Waals surface area contributed by atoms with Gasteiger partial charge in [0, 0.05) is 18.8 Å². The summed E-state index contributed by atoms with van der Waals surface area (Å²) in [7, 11) is 0.